The van der Waals surface area contributed by atoms with Crippen LogP contribution < -0.4 is 0 Å². The first-order valence-corrected chi connectivity index (χ1v) is 7.12. The van der Waals surface area contributed by atoms with E-state index in [2.05, 4.69) is 5.16 Å². The van der Waals surface area contributed by atoms with E-state index < -0.39 is 32.9 Å². The minimum absolute atomic E-state index is 0.198. The van der Waals surface area contributed by atoms with Crippen LogP contribution in [-0.2, 0) is 15.6 Å². The molecule has 0 saturated heterocycles. The monoisotopic (exact) mass is 299 g/mol. The molecular weight excluding hydrogens is 289 g/mol. The van der Waals surface area contributed by atoms with Crippen LogP contribution in [0.3, 0.4) is 0 Å². The lowest BCUT2D eigenvalue weighted by atomic mass is 10.2. The predicted molar refractivity (Wildman–Crippen MR) is 65.5 cm³/mol. The summed E-state index contributed by atoms with van der Waals surface area (Å²) in [5.41, 5.74) is -0.494. The molecule has 0 fully saturated rings. The highest BCUT2D eigenvalue weighted by Gasteiger charge is 2.21. The van der Waals surface area contributed by atoms with E-state index in [1.54, 1.807) is 6.92 Å². The number of aryl methyl sites for hydroxylation is 1. The van der Waals surface area contributed by atoms with E-state index in [-0.39, 0.29) is 10.6 Å². The van der Waals surface area contributed by atoms with Crippen molar-refractivity contribution in [2.45, 2.75) is 17.6 Å². The quantitative estimate of drug-likeness (QED) is 0.864. The molecule has 1 aromatic heterocycles. The summed E-state index contributed by atoms with van der Waals surface area (Å²) in [6.07, 6.45) is 0. The Morgan fingerprint density at radius 3 is 2.65 bits per heavy atom. The molecule has 6 nitrogen and oxygen atoms in total. The number of aromatic carboxylic acids is 1. The zero-order valence-electron chi connectivity index (χ0n) is 10.3. The second kappa shape index (κ2) is 5.04. The first-order valence-electron chi connectivity index (χ1n) is 5.47. The lowest BCUT2D eigenvalue weighted by Gasteiger charge is -2.04. The lowest BCUT2D eigenvalue weighted by molar-refractivity contribution is 0.0691. The number of hydrogen-bond donors (Lipinski definition) is 1. The van der Waals surface area contributed by atoms with Crippen molar-refractivity contribution in [2.75, 3.05) is 0 Å². The number of sulfone groups is 1. The van der Waals surface area contributed by atoms with Crippen LogP contribution in [0.4, 0.5) is 4.39 Å². The summed E-state index contributed by atoms with van der Waals surface area (Å²) in [6, 6.07) is 4.08. The van der Waals surface area contributed by atoms with Crippen molar-refractivity contribution in [3.05, 3.63) is 47.1 Å². The van der Waals surface area contributed by atoms with Gasteiger partial charge in [0.15, 0.2) is 9.84 Å². The molecule has 0 amide bonds. The zero-order valence-corrected chi connectivity index (χ0v) is 11.1. The molecule has 1 aromatic carbocycles. The maximum atomic E-state index is 13.2. The number of carboxylic acids is 1. The normalized spacial score (nSPS) is 11.5. The molecule has 0 saturated carbocycles. The van der Waals surface area contributed by atoms with Crippen molar-refractivity contribution in [1.29, 1.82) is 0 Å². The molecule has 0 aliphatic rings. The van der Waals surface area contributed by atoms with E-state index in [1.807, 2.05) is 0 Å². The maximum Gasteiger partial charge on any atom is 0.338 e. The third-order valence-electron chi connectivity index (χ3n) is 2.54. The van der Waals surface area contributed by atoms with E-state index >= 15 is 0 Å². The minimum atomic E-state index is -3.83. The zero-order chi connectivity index (χ0) is 14.9. The molecule has 0 radical (unpaired) electrons. The third kappa shape index (κ3) is 2.85. The Bertz CT molecular complexity index is 766. The Morgan fingerprint density at radius 2 is 2.10 bits per heavy atom. The molecule has 20 heavy (non-hydrogen) atoms. The Hall–Kier alpha value is -2.22. The van der Waals surface area contributed by atoms with Crippen LogP contribution in [0.25, 0.3) is 0 Å². The number of rotatable bonds is 4. The minimum Gasteiger partial charge on any atom is -0.478 e. The van der Waals surface area contributed by atoms with Crippen LogP contribution in [0, 0.1) is 12.7 Å². The third-order valence-corrected chi connectivity index (χ3v) is 4.19. The Labute approximate surface area is 113 Å². The topological polar surface area (TPSA) is 97.5 Å². The molecule has 0 unspecified atom stereocenters. The van der Waals surface area contributed by atoms with Crippen molar-refractivity contribution in [3.8, 4) is 0 Å². The molecule has 0 spiro atoms. The Balaban J connectivity index is 2.39. The van der Waals surface area contributed by atoms with E-state index in [1.165, 1.54) is 6.07 Å². The van der Waals surface area contributed by atoms with Gasteiger partial charge in [-0.25, -0.2) is 17.6 Å². The second-order valence-electron chi connectivity index (χ2n) is 4.13. The first kappa shape index (κ1) is 14.2. The molecule has 2 aromatic rings. The van der Waals surface area contributed by atoms with Gasteiger partial charge in [0.05, 0.1) is 16.2 Å². The number of carbonyl (C=O) groups is 1. The van der Waals surface area contributed by atoms with Crippen molar-refractivity contribution >= 4 is 15.8 Å². The molecule has 2 rings (SSSR count). The van der Waals surface area contributed by atoms with E-state index in [0.29, 0.717) is 5.76 Å². The average Bonchev–Trinajstić information content (AvgIpc) is 2.73. The van der Waals surface area contributed by atoms with Crippen LogP contribution in [-0.4, -0.2) is 24.7 Å². The van der Waals surface area contributed by atoms with Crippen molar-refractivity contribution in [2.24, 2.45) is 0 Å². The molecule has 0 aliphatic heterocycles. The number of aromatic nitrogens is 1. The summed E-state index contributed by atoms with van der Waals surface area (Å²) < 4.78 is 42.2. The predicted octanol–water partition coefficient (Wildman–Crippen LogP) is 1.79. The molecular formula is C12H10FNO5S. The van der Waals surface area contributed by atoms with Gasteiger partial charge in [0.2, 0.25) is 0 Å². The van der Waals surface area contributed by atoms with Crippen molar-refractivity contribution < 1.29 is 27.2 Å². The highest BCUT2D eigenvalue weighted by molar-refractivity contribution is 7.90. The maximum absolute atomic E-state index is 13.2. The van der Waals surface area contributed by atoms with Gasteiger partial charge in [0.25, 0.3) is 0 Å². The smallest absolute Gasteiger partial charge is 0.338 e. The van der Waals surface area contributed by atoms with Gasteiger partial charge in [-0.15, -0.1) is 0 Å². The largest absolute Gasteiger partial charge is 0.478 e. The first-order chi connectivity index (χ1) is 9.29. The van der Waals surface area contributed by atoms with Crippen LogP contribution >= 0.6 is 0 Å². The van der Waals surface area contributed by atoms with Crippen LogP contribution in [0.5, 0.6) is 0 Å². The van der Waals surface area contributed by atoms with E-state index in [9.17, 15) is 17.6 Å². The van der Waals surface area contributed by atoms with Gasteiger partial charge in [0, 0.05) is 6.07 Å². The van der Waals surface area contributed by atoms with Crippen LogP contribution in [0.2, 0.25) is 0 Å². The summed E-state index contributed by atoms with van der Waals surface area (Å²) in [5.74, 6) is -2.51. The molecule has 1 heterocycles. The van der Waals surface area contributed by atoms with Gasteiger partial charge in [-0.1, -0.05) is 5.16 Å². The number of nitrogens with zero attached hydrogens (tertiary/aromatic N) is 1. The molecule has 8 heteroatoms. The summed E-state index contributed by atoms with van der Waals surface area (Å²) >= 11 is 0. The summed E-state index contributed by atoms with van der Waals surface area (Å²) in [7, 11) is -3.83. The number of hydrogen-bond acceptors (Lipinski definition) is 5. The average molecular weight is 299 g/mol. The van der Waals surface area contributed by atoms with E-state index in [4.69, 9.17) is 9.63 Å². The number of halogens is 1. The highest BCUT2D eigenvalue weighted by atomic mass is 32.2. The standard InChI is InChI=1S/C12H10FNO5S/c1-7-4-8(14-19-7)6-20(17,18)9-2-3-11(13)10(5-9)12(15)16/h2-5H,6H2,1H3,(H,15,16). The van der Waals surface area contributed by atoms with E-state index in [0.717, 1.165) is 18.2 Å². The molecule has 0 bridgehead atoms. The summed E-state index contributed by atoms with van der Waals surface area (Å²) in [5, 5.41) is 12.3. The fourth-order valence-electron chi connectivity index (χ4n) is 1.63. The molecule has 1 N–H and O–H groups in total. The Kier molecular flexibility index (Phi) is 3.58. The Morgan fingerprint density at radius 1 is 1.40 bits per heavy atom. The van der Waals surface area contributed by atoms with Gasteiger partial charge >= 0.3 is 5.97 Å². The van der Waals surface area contributed by atoms with Gasteiger partial charge in [-0.3, -0.25) is 0 Å². The SMILES string of the molecule is Cc1cc(CS(=O)(=O)c2ccc(F)c(C(=O)O)c2)no1. The lowest BCUT2D eigenvalue weighted by Crippen LogP contribution is -2.08. The second-order valence-corrected chi connectivity index (χ2v) is 6.12. The molecule has 0 atom stereocenters. The van der Waals surface area contributed by atoms with Crippen molar-refractivity contribution in [1.82, 2.24) is 5.16 Å². The van der Waals surface area contributed by atoms with Gasteiger partial charge in [0.1, 0.15) is 17.3 Å². The van der Waals surface area contributed by atoms with Crippen molar-refractivity contribution in [3.63, 3.8) is 0 Å². The fourth-order valence-corrected chi connectivity index (χ4v) is 2.89. The van der Waals surface area contributed by atoms with Crippen LogP contribution in [0.15, 0.2) is 33.7 Å². The molecule has 0 aliphatic carbocycles. The van der Waals surface area contributed by atoms with Gasteiger partial charge < -0.3 is 9.63 Å². The summed E-state index contributed by atoms with van der Waals surface area (Å²) in [6.45, 7) is 1.61. The highest BCUT2D eigenvalue weighted by Crippen LogP contribution is 2.19. The number of carboxylic acid groups (broad SMARTS) is 1. The van der Waals surface area contributed by atoms with Crippen LogP contribution in [0.1, 0.15) is 21.8 Å². The summed E-state index contributed by atoms with van der Waals surface area (Å²) in [4.78, 5) is 10.5. The fraction of sp³-hybridized carbons (Fsp3) is 0.167. The van der Waals surface area contributed by atoms with Gasteiger partial charge in [-0.2, -0.15) is 0 Å². The number of benzene rings is 1. The molecule has 106 valence electrons. The van der Waals surface area contributed by atoms with Gasteiger partial charge in [-0.05, 0) is 25.1 Å².